The molecule has 10 nitrogen and oxygen atoms in total. The molecule has 3 amide bonds. The van der Waals surface area contributed by atoms with E-state index in [2.05, 4.69) is 10.0 Å². The van der Waals surface area contributed by atoms with Crippen molar-refractivity contribution in [3.8, 4) is 5.75 Å². The van der Waals surface area contributed by atoms with Crippen molar-refractivity contribution in [2.75, 3.05) is 19.0 Å². The molecule has 3 N–H and O–H groups in total. The highest BCUT2D eigenvalue weighted by Crippen LogP contribution is 2.15. The van der Waals surface area contributed by atoms with Gasteiger partial charge in [-0.1, -0.05) is 0 Å². The van der Waals surface area contributed by atoms with E-state index in [0.29, 0.717) is 11.4 Å². The van der Waals surface area contributed by atoms with Crippen molar-refractivity contribution in [2.24, 2.45) is 0 Å². The number of carbonyl (C=O) groups excluding carboxylic acids is 3. The van der Waals surface area contributed by atoms with E-state index in [-0.39, 0.29) is 10.5 Å². The lowest BCUT2D eigenvalue weighted by atomic mass is 10.1. The van der Waals surface area contributed by atoms with Crippen LogP contribution >= 0.6 is 0 Å². The van der Waals surface area contributed by atoms with Crippen LogP contribution < -0.4 is 20.1 Å². The molecule has 0 unspecified atom stereocenters. The summed E-state index contributed by atoms with van der Waals surface area (Å²) in [6.45, 7) is 4.43. The Kier molecular flexibility index (Phi) is 7.95. The molecule has 0 fully saturated rings. The van der Waals surface area contributed by atoms with Gasteiger partial charge < -0.3 is 14.8 Å². The second-order valence-electron chi connectivity index (χ2n) is 7.69. The summed E-state index contributed by atoms with van der Waals surface area (Å²) in [5.41, 5.74) is -0.178. The van der Waals surface area contributed by atoms with Gasteiger partial charge in [-0.3, -0.25) is 10.1 Å². The molecule has 0 aliphatic carbocycles. The number of anilines is 1. The van der Waals surface area contributed by atoms with Crippen molar-refractivity contribution in [3.63, 3.8) is 0 Å². The first-order valence-corrected chi connectivity index (χ1v) is 10.9. The molecule has 2 aromatic rings. The Bertz CT molecular complexity index is 1070. The Balaban J connectivity index is 1.86. The molecular formula is C21H25N3O7S. The number of imide groups is 1. The predicted octanol–water partition coefficient (Wildman–Crippen LogP) is 2.28. The monoisotopic (exact) mass is 463 g/mol. The van der Waals surface area contributed by atoms with E-state index in [4.69, 9.17) is 9.47 Å². The van der Waals surface area contributed by atoms with Crippen LogP contribution in [0, 0.1) is 0 Å². The second-order valence-corrected chi connectivity index (χ2v) is 9.37. The Labute approximate surface area is 186 Å². The smallest absolute Gasteiger partial charge is 0.338 e. The van der Waals surface area contributed by atoms with Crippen molar-refractivity contribution >= 4 is 33.6 Å². The fourth-order valence-electron chi connectivity index (χ4n) is 2.45. The fraction of sp³-hybridized carbons (Fsp3) is 0.286. The number of hydrogen-bond donors (Lipinski definition) is 3. The highest BCUT2D eigenvalue weighted by Gasteiger charge is 2.22. The van der Waals surface area contributed by atoms with Crippen LogP contribution in [0.15, 0.2) is 53.4 Å². The van der Waals surface area contributed by atoms with Gasteiger partial charge in [0.05, 0.1) is 17.6 Å². The summed E-state index contributed by atoms with van der Waals surface area (Å²) in [5, 5.41) is 4.48. The minimum Gasteiger partial charge on any atom is -0.497 e. The molecule has 0 saturated heterocycles. The third kappa shape index (κ3) is 7.67. The zero-order valence-corrected chi connectivity index (χ0v) is 18.9. The number of methoxy groups -OCH3 is 1. The number of sulfonamides is 1. The van der Waals surface area contributed by atoms with Crippen LogP contribution in [-0.4, -0.2) is 45.6 Å². The molecule has 0 bridgehead atoms. The highest BCUT2D eigenvalue weighted by atomic mass is 32.2. The van der Waals surface area contributed by atoms with E-state index in [1.165, 1.54) is 31.4 Å². The van der Waals surface area contributed by atoms with Crippen LogP contribution in [0.1, 0.15) is 31.1 Å². The summed E-state index contributed by atoms with van der Waals surface area (Å²) in [4.78, 5) is 35.8. The molecule has 32 heavy (non-hydrogen) atoms. The van der Waals surface area contributed by atoms with Gasteiger partial charge in [0, 0.05) is 11.2 Å². The first-order valence-electron chi connectivity index (χ1n) is 9.46. The van der Waals surface area contributed by atoms with Crippen LogP contribution in [0.5, 0.6) is 5.75 Å². The van der Waals surface area contributed by atoms with Crippen molar-refractivity contribution in [1.29, 1.82) is 0 Å². The average Bonchev–Trinajstić information content (AvgIpc) is 2.71. The summed E-state index contributed by atoms with van der Waals surface area (Å²) in [7, 11) is -2.24. The molecule has 0 saturated carbocycles. The van der Waals surface area contributed by atoms with Crippen molar-refractivity contribution in [1.82, 2.24) is 10.0 Å². The van der Waals surface area contributed by atoms with Crippen LogP contribution in [-0.2, 0) is 19.6 Å². The van der Waals surface area contributed by atoms with E-state index in [1.54, 1.807) is 45.0 Å². The summed E-state index contributed by atoms with van der Waals surface area (Å²) < 4.78 is 36.9. The minimum absolute atomic E-state index is 0.0167. The van der Waals surface area contributed by atoms with Gasteiger partial charge in [-0.15, -0.1) is 0 Å². The average molecular weight is 464 g/mol. The zero-order valence-electron chi connectivity index (χ0n) is 18.1. The lowest BCUT2D eigenvalue weighted by Crippen LogP contribution is -2.40. The van der Waals surface area contributed by atoms with Gasteiger partial charge in [0.25, 0.3) is 5.91 Å². The molecule has 0 aromatic heterocycles. The van der Waals surface area contributed by atoms with E-state index in [1.807, 2.05) is 5.32 Å². The predicted molar refractivity (Wildman–Crippen MR) is 117 cm³/mol. The quantitative estimate of drug-likeness (QED) is 0.535. The third-order valence-corrected chi connectivity index (χ3v) is 5.55. The van der Waals surface area contributed by atoms with Gasteiger partial charge in [-0.05, 0) is 69.3 Å². The van der Waals surface area contributed by atoms with Gasteiger partial charge in [-0.25, -0.2) is 22.7 Å². The van der Waals surface area contributed by atoms with Crippen LogP contribution in [0.4, 0.5) is 10.5 Å². The number of rotatable bonds is 7. The maximum atomic E-state index is 12.3. The fourth-order valence-corrected chi connectivity index (χ4v) is 3.86. The number of nitrogens with one attached hydrogen (secondary N) is 3. The Morgan fingerprint density at radius 2 is 1.53 bits per heavy atom. The Hall–Kier alpha value is -3.44. The molecule has 0 radical (unpaired) electrons. The Morgan fingerprint density at radius 1 is 0.938 bits per heavy atom. The molecule has 0 atom stereocenters. The topological polar surface area (TPSA) is 140 Å². The Morgan fingerprint density at radius 3 is 2.06 bits per heavy atom. The van der Waals surface area contributed by atoms with Crippen molar-refractivity contribution in [3.05, 3.63) is 54.1 Å². The second kappa shape index (κ2) is 10.2. The first-order chi connectivity index (χ1) is 14.9. The maximum Gasteiger partial charge on any atom is 0.338 e. The number of esters is 1. The normalized spacial score (nSPS) is 11.4. The van der Waals surface area contributed by atoms with Crippen LogP contribution in [0.3, 0.4) is 0 Å². The number of ether oxygens (including phenoxy) is 2. The summed E-state index contributed by atoms with van der Waals surface area (Å²) in [6, 6.07) is 10.7. The maximum absolute atomic E-state index is 12.3. The number of hydrogen-bond acceptors (Lipinski definition) is 7. The van der Waals surface area contributed by atoms with E-state index >= 15 is 0 Å². The van der Waals surface area contributed by atoms with Crippen molar-refractivity contribution in [2.45, 2.75) is 31.2 Å². The molecule has 0 heterocycles. The lowest BCUT2D eigenvalue weighted by molar-refractivity contribution is -0.123. The minimum atomic E-state index is -3.75. The SMILES string of the molecule is COc1ccc(NC(=O)NC(=O)COC(=O)c2ccc(S(=O)(=O)NC(C)(C)C)cc2)cc1. The molecule has 11 heteroatoms. The highest BCUT2D eigenvalue weighted by molar-refractivity contribution is 7.89. The number of carbonyl (C=O) groups is 3. The van der Waals surface area contributed by atoms with Gasteiger partial charge in [0.15, 0.2) is 6.61 Å². The standard InChI is InChI=1S/C21H25N3O7S/c1-21(2,3)24-32(28,29)17-11-5-14(6-12-17)19(26)31-13-18(25)23-20(27)22-15-7-9-16(30-4)10-8-15/h5-12,24H,13H2,1-4H3,(H2,22,23,25,27). The molecule has 0 spiro atoms. The zero-order chi connectivity index (χ0) is 23.9. The molecular weight excluding hydrogens is 438 g/mol. The van der Waals surface area contributed by atoms with Gasteiger partial charge >= 0.3 is 12.0 Å². The molecule has 0 aliphatic rings. The molecule has 0 aliphatic heterocycles. The van der Waals surface area contributed by atoms with Crippen LogP contribution in [0.2, 0.25) is 0 Å². The largest absolute Gasteiger partial charge is 0.497 e. The summed E-state index contributed by atoms with van der Waals surface area (Å²) in [5.74, 6) is -1.07. The number of benzene rings is 2. The van der Waals surface area contributed by atoms with Gasteiger partial charge in [-0.2, -0.15) is 0 Å². The summed E-state index contributed by atoms with van der Waals surface area (Å²) in [6.07, 6.45) is 0. The first kappa shape index (κ1) is 24.8. The van der Waals surface area contributed by atoms with Crippen molar-refractivity contribution < 1.29 is 32.3 Å². The number of amides is 3. The van der Waals surface area contributed by atoms with E-state index < -0.39 is 40.1 Å². The van der Waals surface area contributed by atoms with E-state index in [0.717, 1.165) is 0 Å². The van der Waals surface area contributed by atoms with E-state index in [9.17, 15) is 22.8 Å². The lowest BCUT2D eigenvalue weighted by Gasteiger charge is -2.20. The van der Waals surface area contributed by atoms with Gasteiger partial charge in [0.1, 0.15) is 5.75 Å². The third-order valence-electron chi connectivity index (χ3n) is 3.78. The van der Waals surface area contributed by atoms with Gasteiger partial charge in [0.2, 0.25) is 10.0 Å². The molecule has 172 valence electrons. The number of urea groups is 1. The molecule has 2 aromatic carbocycles. The summed E-state index contributed by atoms with van der Waals surface area (Å²) >= 11 is 0. The molecule has 2 rings (SSSR count). The van der Waals surface area contributed by atoms with Crippen LogP contribution in [0.25, 0.3) is 0 Å².